The Morgan fingerprint density at radius 3 is 2.35 bits per heavy atom. The van der Waals surface area contributed by atoms with Gasteiger partial charge in [-0.3, -0.25) is 14.4 Å². The summed E-state index contributed by atoms with van der Waals surface area (Å²) in [5, 5.41) is 24.6. The van der Waals surface area contributed by atoms with E-state index in [-0.39, 0.29) is 46.5 Å². The maximum Gasteiger partial charge on any atom is 0.309 e. The van der Waals surface area contributed by atoms with E-state index in [1.54, 1.807) is 25.1 Å². The average molecular weight is 552 g/mol. The van der Waals surface area contributed by atoms with Crippen molar-refractivity contribution in [2.45, 2.75) is 70.6 Å². The monoisotopic (exact) mass is 551 g/mol. The molecule has 9 nitrogen and oxygen atoms in total. The number of carboxylic acid groups (broad SMARTS) is 1. The van der Waals surface area contributed by atoms with E-state index in [0.717, 1.165) is 12.0 Å². The van der Waals surface area contributed by atoms with Crippen LogP contribution in [0, 0.1) is 23.7 Å². The van der Waals surface area contributed by atoms with Crippen molar-refractivity contribution in [2.24, 2.45) is 5.41 Å². The number of benzene rings is 2. The van der Waals surface area contributed by atoms with Crippen LogP contribution in [-0.4, -0.2) is 48.3 Å². The van der Waals surface area contributed by atoms with E-state index in [0.29, 0.717) is 38.5 Å². The van der Waals surface area contributed by atoms with Gasteiger partial charge in [0.25, 0.3) is 11.8 Å². The first-order valence-corrected chi connectivity index (χ1v) is 13.4. The number of carboxylic acids is 1. The molecule has 2 aromatic carbocycles. The summed E-state index contributed by atoms with van der Waals surface area (Å²) < 4.78 is 25.9. The third kappa shape index (κ3) is 6.19. The highest BCUT2D eigenvalue weighted by Gasteiger charge is 2.39. The summed E-state index contributed by atoms with van der Waals surface area (Å²) in [4.78, 5) is 38.0. The highest BCUT2D eigenvalue weighted by atomic mass is 19.1. The van der Waals surface area contributed by atoms with Gasteiger partial charge in [0.05, 0.1) is 47.6 Å². The number of hydrogen-bond donors (Lipinski definition) is 3. The molecule has 2 amide bonds. The molecule has 10 heteroatoms. The van der Waals surface area contributed by atoms with Crippen molar-refractivity contribution in [3.05, 3.63) is 52.6 Å². The minimum Gasteiger partial charge on any atom is -0.496 e. The molecule has 40 heavy (non-hydrogen) atoms. The van der Waals surface area contributed by atoms with Crippen molar-refractivity contribution in [2.75, 3.05) is 19.0 Å². The van der Waals surface area contributed by atoms with Gasteiger partial charge in [-0.25, -0.2) is 4.39 Å². The number of anilines is 1. The lowest BCUT2D eigenvalue weighted by molar-refractivity contribution is -0.150. The van der Waals surface area contributed by atoms with Crippen molar-refractivity contribution >= 4 is 23.5 Å². The van der Waals surface area contributed by atoms with E-state index in [2.05, 4.69) is 16.7 Å². The lowest BCUT2D eigenvalue weighted by Gasteiger charge is -2.34. The lowest BCUT2D eigenvalue weighted by Crippen LogP contribution is -2.44. The number of carbonyl (C=O) groups excluding carboxylic acids is 2. The maximum absolute atomic E-state index is 14.4. The quantitative estimate of drug-likeness (QED) is 0.391. The van der Waals surface area contributed by atoms with Gasteiger partial charge < -0.3 is 25.2 Å². The Morgan fingerprint density at radius 2 is 1.77 bits per heavy atom. The molecule has 2 aliphatic rings. The Kier molecular flexibility index (Phi) is 8.33. The smallest absolute Gasteiger partial charge is 0.309 e. The first kappa shape index (κ1) is 28.9. The number of methoxy groups -OCH3 is 1. The summed E-state index contributed by atoms with van der Waals surface area (Å²) in [6.07, 6.45) is 3.14. The van der Waals surface area contributed by atoms with Crippen molar-refractivity contribution in [1.82, 2.24) is 5.32 Å². The van der Waals surface area contributed by atoms with Gasteiger partial charge in [-0.05, 0) is 82.6 Å². The largest absolute Gasteiger partial charge is 0.496 e. The molecule has 2 aliphatic carbocycles. The molecule has 4 rings (SSSR count). The molecule has 0 spiro atoms. The minimum absolute atomic E-state index is 0.0905. The van der Waals surface area contributed by atoms with Crippen molar-refractivity contribution in [1.29, 1.82) is 5.26 Å². The van der Waals surface area contributed by atoms with Gasteiger partial charge in [-0.1, -0.05) is 6.07 Å². The molecule has 2 fully saturated rings. The second-order valence-electron chi connectivity index (χ2n) is 11.0. The van der Waals surface area contributed by atoms with Crippen LogP contribution < -0.4 is 20.1 Å². The predicted molar refractivity (Wildman–Crippen MR) is 145 cm³/mol. The van der Waals surface area contributed by atoms with Crippen LogP contribution in [0.25, 0.3) is 0 Å². The number of hydrogen-bond acceptors (Lipinski definition) is 6. The number of carbonyl (C=O) groups is 3. The zero-order valence-corrected chi connectivity index (χ0v) is 22.9. The second kappa shape index (κ2) is 11.5. The van der Waals surface area contributed by atoms with E-state index in [9.17, 15) is 29.1 Å². The Hall–Kier alpha value is -4.13. The molecule has 0 aliphatic heterocycles. The van der Waals surface area contributed by atoms with Crippen LogP contribution in [0.15, 0.2) is 30.3 Å². The number of nitriles is 1. The molecule has 0 saturated heterocycles. The van der Waals surface area contributed by atoms with Crippen LogP contribution in [0.5, 0.6) is 11.5 Å². The summed E-state index contributed by atoms with van der Waals surface area (Å²) >= 11 is 0. The number of halogens is 1. The third-order valence-electron chi connectivity index (χ3n) is 8.00. The van der Waals surface area contributed by atoms with E-state index in [1.165, 1.54) is 19.2 Å². The third-order valence-corrected chi connectivity index (χ3v) is 8.00. The van der Waals surface area contributed by atoms with Gasteiger partial charge >= 0.3 is 5.97 Å². The molecule has 0 radical (unpaired) electrons. The number of aliphatic carboxylic acids is 1. The summed E-state index contributed by atoms with van der Waals surface area (Å²) in [5.74, 6) is -1.60. The molecular formula is C30H34FN3O6. The molecular weight excluding hydrogens is 517 g/mol. The van der Waals surface area contributed by atoms with E-state index in [1.807, 2.05) is 6.92 Å². The van der Waals surface area contributed by atoms with Crippen LogP contribution in [0.4, 0.5) is 10.1 Å². The fourth-order valence-corrected chi connectivity index (χ4v) is 5.05. The van der Waals surface area contributed by atoms with Gasteiger partial charge in [0, 0.05) is 6.07 Å². The Labute approximate surface area is 232 Å². The van der Waals surface area contributed by atoms with Crippen LogP contribution in [0.3, 0.4) is 0 Å². The number of nitrogens with one attached hydrogen (secondary N) is 2. The SMILES string of the molecule is COc1cc(C#N)c(OC2CCC(C)(C(=O)O)CC2)cc1C(=O)Nc1cc(C)ccc1C(=O)NCC1(F)CCC1. The van der Waals surface area contributed by atoms with E-state index >= 15 is 0 Å². The number of aryl methyl sites for hydroxylation is 1. The van der Waals surface area contributed by atoms with Gasteiger partial charge in [-0.2, -0.15) is 5.26 Å². The highest BCUT2D eigenvalue weighted by Crippen LogP contribution is 2.39. The summed E-state index contributed by atoms with van der Waals surface area (Å²) in [6, 6.07) is 9.86. The Morgan fingerprint density at radius 1 is 1.07 bits per heavy atom. The molecule has 2 aromatic rings. The fraction of sp³-hybridized carbons (Fsp3) is 0.467. The minimum atomic E-state index is -1.39. The van der Waals surface area contributed by atoms with Crippen LogP contribution in [-0.2, 0) is 4.79 Å². The highest BCUT2D eigenvalue weighted by molar-refractivity contribution is 6.10. The lowest BCUT2D eigenvalue weighted by atomic mass is 9.75. The molecule has 0 bridgehead atoms. The number of amides is 2. The van der Waals surface area contributed by atoms with Gasteiger partial charge in [0.2, 0.25) is 0 Å². The molecule has 2 saturated carbocycles. The number of rotatable bonds is 9. The Bertz CT molecular complexity index is 1360. The zero-order valence-electron chi connectivity index (χ0n) is 22.9. The first-order chi connectivity index (χ1) is 19.0. The fourth-order valence-electron chi connectivity index (χ4n) is 5.05. The van der Waals surface area contributed by atoms with Gasteiger partial charge in [0.15, 0.2) is 0 Å². The number of alkyl halides is 1. The van der Waals surface area contributed by atoms with E-state index < -0.39 is 28.9 Å². The summed E-state index contributed by atoms with van der Waals surface area (Å²) in [5.41, 5.74) is -0.703. The topological polar surface area (TPSA) is 138 Å². The molecule has 212 valence electrons. The summed E-state index contributed by atoms with van der Waals surface area (Å²) in [6.45, 7) is 3.44. The normalized spacial score (nSPS) is 21.3. The number of nitrogens with zero attached hydrogens (tertiary/aromatic N) is 1. The zero-order chi connectivity index (χ0) is 29.1. The maximum atomic E-state index is 14.4. The molecule has 0 atom stereocenters. The Balaban J connectivity index is 1.55. The van der Waals surface area contributed by atoms with Crippen LogP contribution in [0.2, 0.25) is 0 Å². The standard InChI is InChI=1S/C30H34FN3O6/c1-18-5-6-21(26(35)33-17-30(31)9-4-10-30)23(13-18)34-27(36)22-15-24(19(16-32)14-25(22)39-3)40-20-7-11-29(2,12-8-20)28(37)38/h5-6,13-15,20H,4,7-12,17H2,1-3H3,(H,33,35)(H,34,36)(H,37,38). The van der Waals surface area contributed by atoms with Crippen LogP contribution >= 0.6 is 0 Å². The predicted octanol–water partition coefficient (Wildman–Crippen LogP) is 5.16. The van der Waals surface area contributed by atoms with Gasteiger partial charge in [-0.15, -0.1) is 0 Å². The van der Waals surface area contributed by atoms with E-state index in [4.69, 9.17) is 9.47 Å². The molecule has 0 aromatic heterocycles. The number of ether oxygens (including phenoxy) is 2. The summed E-state index contributed by atoms with van der Waals surface area (Å²) in [7, 11) is 1.38. The second-order valence-corrected chi connectivity index (χ2v) is 11.0. The van der Waals surface area contributed by atoms with Gasteiger partial charge in [0.1, 0.15) is 23.2 Å². The molecule has 0 heterocycles. The molecule has 3 N–H and O–H groups in total. The average Bonchev–Trinajstić information content (AvgIpc) is 2.91. The van der Waals surface area contributed by atoms with Crippen LogP contribution in [0.1, 0.15) is 83.7 Å². The van der Waals surface area contributed by atoms with Crippen molar-refractivity contribution < 1.29 is 33.4 Å². The van der Waals surface area contributed by atoms with Crippen molar-refractivity contribution in [3.63, 3.8) is 0 Å². The van der Waals surface area contributed by atoms with Crippen molar-refractivity contribution in [3.8, 4) is 17.6 Å². The molecule has 0 unspecified atom stereocenters. The first-order valence-electron chi connectivity index (χ1n) is 13.4.